The van der Waals surface area contributed by atoms with Gasteiger partial charge in [0.1, 0.15) is 5.75 Å². The summed E-state index contributed by atoms with van der Waals surface area (Å²) in [6, 6.07) is 27.5. The van der Waals surface area contributed by atoms with E-state index in [1.165, 1.54) is 34.1 Å². The molecule has 11 nitrogen and oxygen atoms in total. The molecule has 432 valence electrons. The summed E-state index contributed by atoms with van der Waals surface area (Å²) < 4.78 is 7.77. The van der Waals surface area contributed by atoms with Crippen LogP contribution in [0.5, 0.6) is 5.75 Å². The van der Waals surface area contributed by atoms with Crippen LogP contribution in [0.2, 0.25) is 0 Å². The zero-order valence-electron chi connectivity index (χ0n) is 51.0. The number of phenolic OH excluding ortho intramolecular Hbond substituents is 1. The second-order valence-corrected chi connectivity index (χ2v) is 24.8. The first kappa shape index (κ1) is 61.5. The Kier molecular flexibility index (Phi) is 21.2. The zero-order chi connectivity index (χ0) is 57.9. The van der Waals surface area contributed by atoms with Crippen molar-refractivity contribution in [3.05, 3.63) is 157 Å². The summed E-state index contributed by atoms with van der Waals surface area (Å²) in [6.45, 7) is 44.4. The van der Waals surface area contributed by atoms with Gasteiger partial charge in [0.05, 0.1) is 35.3 Å². The number of hydrazine groups is 1. The fourth-order valence-electron chi connectivity index (χ4n) is 12.2. The van der Waals surface area contributed by atoms with Gasteiger partial charge in [-0.1, -0.05) is 128 Å². The molecule has 5 unspecified atom stereocenters. The monoisotopic (exact) mass is 1090 g/mol. The zero-order valence-corrected chi connectivity index (χ0v) is 51.0. The minimum atomic E-state index is -0.233. The van der Waals surface area contributed by atoms with Gasteiger partial charge in [-0.25, -0.2) is 5.43 Å². The van der Waals surface area contributed by atoms with Crippen molar-refractivity contribution < 1.29 is 14.7 Å². The van der Waals surface area contributed by atoms with Gasteiger partial charge in [-0.3, -0.25) is 9.88 Å². The van der Waals surface area contributed by atoms with Crippen molar-refractivity contribution in [2.75, 3.05) is 40.3 Å². The Hall–Kier alpha value is -6.14. The third-order valence-electron chi connectivity index (χ3n) is 17.1. The molecule has 4 aliphatic heterocycles. The van der Waals surface area contributed by atoms with E-state index in [-0.39, 0.29) is 34.8 Å². The molecule has 3 saturated heterocycles. The lowest BCUT2D eigenvalue weighted by Crippen LogP contribution is -2.60. The SMILES string of the molecule is C=CCCC(C)(C)Cc1c(-c2cc(C3=NOC4(C3)CN(C)C4)cnc2C(C)CC)n(CC)c2ccc(-c3cc(O)cc(CC(NC(=C)C(C(C)C)N(C)C=C)C(=C)N4CCCC(C)N4)c3)cc12.CC1CCO[C@H]1C.c1ccccc1. The first-order chi connectivity index (χ1) is 38.2. The first-order valence-electron chi connectivity index (χ1n) is 29.9. The number of allylic oxidation sites excluding steroid dienone is 1. The van der Waals surface area contributed by atoms with Crippen molar-refractivity contribution in [3.63, 3.8) is 0 Å². The van der Waals surface area contributed by atoms with E-state index in [9.17, 15) is 5.11 Å². The van der Waals surface area contributed by atoms with Crippen LogP contribution < -0.4 is 10.7 Å². The number of phenols is 1. The molecule has 5 aromatic rings. The second-order valence-electron chi connectivity index (χ2n) is 24.8. The predicted octanol–water partition coefficient (Wildman–Crippen LogP) is 14.7. The number of benzene rings is 3. The minimum Gasteiger partial charge on any atom is -0.508 e. The van der Waals surface area contributed by atoms with E-state index < -0.39 is 0 Å². The van der Waals surface area contributed by atoms with Crippen molar-refractivity contribution in [1.82, 2.24) is 35.1 Å². The average Bonchev–Trinajstić information content (AvgIpc) is 4.21. The number of hydrogen-bond acceptors (Lipinski definition) is 10. The molecule has 0 amide bonds. The highest BCUT2D eigenvalue weighted by molar-refractivity contribution is 6.03. The van der Waals surface area contributed by atoms with Gasteiger partial charge in [0.2, 0.25) is 0 Å². The fraction of sp³-hybridized carbons (Fsp3) is 0.507. The molecule has 1 spiro atoms. The van der Waals surface area contributed by atoms with E-state index in [4.69, 9.17) is 14.6 Å². The Labute approximate surface area is 481 Å². The quantitative estimate of drug-likeness (QED) is 0.0620. The summed E-state index contributed by atoms with van der Waals surface area (Å²) in [6.07, 6.45) is 15.1. The second kappa shape index (κ2) is 27.6. The van der Waals surface area contributed by atoms with E-state index in [0.29, 0.717) is 24.5 Å². The molecule has 6 heterocycles. The standard InChI is InChI=1S/C57H80N8O2.C6H12O.C6H6/c1-15-19-24-56(11,12)32-49-47-30-43(22-23-52(47)64(18-4)55(49)48-31-45(34-58-53(48)38(7)16-2)51-33-57(67-61-51)35-62(13)36-57)44-26-42(27-46(66)29-44)28-50(41(10)65-25-20-21-39(8)60-65)59-40(9)54(37(5)6)63(14)17-3;1-5-3-4-7-6(5)2;1-2-4-6-5-3-1/h15,17,22-23,26-27,29-31,34,37-39,50,54,59-60,66H,1,3,9-10,16,18-21,24-25,28,32-33,35-36H2,2,4-8,11-14H3;5-6H,3-4H2,1-2H3;1-6H/t;5?,6-;/m.0./s1. The van der Waals surface area contributed by atoms with Crippen LogP contribution in [0.3, 0.4) is 0 Å². The largest absolute Gasteiger partial charge is 0.508 e. The maximum Gasteiger partial charge on any atom is 0.168 e. The highest BCUT2D eigenvalue weighted by atomic mass is 16.7. The van der Waals surface area contributed by atoms with Crippen LogP contribution in [-0.4, -0.2) is 105 Å². The van der Waals surface area contributed by atoms with Crippen LogP contribution in [0.1, 0.15) is 142 Å². The molecule has 3 fully saturated rings. The highest BCUT2D eigenvalue weighted by Crippen LogP contribution is 2.44. The molecule has 4 aliphatic rings. The van der Waals surface area contributed by atoms with E-state index in [2.05, 4.69) is 168 Å². The Bertz CT molecular complexity index is 2880. The third-order valence-corrected chi connectivity index (χ3v) is 17.1. The minimum absolute atomic E-state index is 0.0119. The summed E-state index contributed by atoms with van der Waals surface area (Å²) >= 11 is 0. The number of ether oxygens (including phenoxy) is 1. The number of likely N-dealkylation sites (N-methyl/N-ethyl adjacent to an activating group) is 2. The maximum absolute atomic E-state index is 11.5. The number of nitrogens with zero attached hydrogens (tertiary/aromatic N) is 6. The molecule has 0 radical (unpaired) electrons. The molecule has 80 heavy (non-hydrogen) atoms. The van der Waals surface area contributed by atoms with Crippen LogP contribution in [0.15, 0.2) is 140 Å². The van der Waals surface area contributed by atoms with Gasteiger partial charge in [-0.05, 0) is 161 Å². The molecule has 3 N–H and O–H groups in total. The van der Waals surface area contributed by atoms with Crippen molar-refractivity contribution in [1.29, 1.82) is 0 Å². The van der Waals surface area contributed by atoms with E-state index in [0.717, 1.165) is 129 Å². The third kappa shape index (κ3) is 15.0. The Balaban J connectivity index is 0.000000623. The Morgan fingerprint density at radius 3 is 2.25 bits per heavy atom. The summed E-state index contributed by atoms with van der Waals surface area (Å²) in [5.41, 5.74) is 16.4. The van der Waals surface area contributed by atoms with Crippen LogP contribution in [0.4, 0.5) is 0 Å². The number of nitrogens with one attached hydrogen (secondary N) is 2. The number of rotatable bonds is 21. The normalized spacial score (nSPS) is 19.8. The lowest BCUT2D eigenvalue weighted by atomic mass is 9.79. The summed E-state index contributed by atoms with van der Waals surface area (Å²) in [4.78, 5) is 15.8. The van der Waals surface area contributed by atoms with Gasteiger partial charge >= 0.3 is 0 Å². The van der Waals surface area contributed by atoms with Crippen molar-refractivity contribution in [3.8, 4) is 28.1 Å². The molecular weight excluding hydrogens is 989 g/mol. The van der Waals surface area contributed by atoms with Gasteiger partial charge < -0.3 is 34.5 Å². The van der Waals surface area contributed by atoms with Gasteiger partial charge in [-0.15, -0.1) is 6.58 Å². The van der Waals surface area contributed by atoms with Crippen LogP contribution >= 0.6 is 0 Å². The smallest absolute Gasteiger partial charge is 0.168 e. The number of pyridine rings is 1. The molecule has 3 aromatic carbocycles. The molecule has 2 aromatic heterocycles. The average molecular weight is 1090 g/mol. The fourth-order valence-corrected chi connectivity index (χ4v) is 12.2. The maximum atomic E-state index is 11.5. The van der Waals surface area contributed by atoms with E-state index in [1.54, 1.807) is 0 Å². The summed E-state index contributed by atoms with van der Waals surface area (Å²) in [5.74, 6) is 1.58. The van der Waals surface area contributed by atoms with E-state index >= 15 is 0 Å². The first-order valence-corrected chi connectivity index (χ1v) is 29.9. The van der Waals surface area contributed by atoms with Gasteiger partial charge in [0.25, 0.3) is 0 Å². The summed E-state index contributed by atoms with van der Waals surface area (Å²) in [7, 11) is 4.18. The van der Waals surface area contributed by atoms with Gasteiger partial charge in [-0.2, -0.15) is 0 Å². The van der Waals surface area contributed by atoms with Crippen molar-refractivity contribution in [2.24, 2.45) is 22.4 Å². The predicted molar refractivity (Wildman–Crippen MR) is 336 cm³/mol. The van der Waals surface area contributed by atoms with Crippen molar-refractivity contribution >= 4 is 16.6 Å². The number of oxime groups is 1. The summed E-state index contributed by atoms with van der Waals surface area (Å²) in [5, 5.41) is 23.5. The number of hydrogen-bond donors (Lipinski definition) is 3. The molecule has 0 saturated carbocycles. The highest BCUT2D eigenvalue weighted by Gasteiger charge is 2.48. The number of aryl methyl sites for hydroxylation is 1. The van der Waals surface area contributed by atoms with Crippen LogP contribution in [0.25, 0.3) is 33.3 Å². The molecule has 9 rings (SSSR count). The van der Waals surface area contributed by atoms with E-state index in [1.807, 2.05) is 74.1 Å². The Morgan fingerprint density at radius 2 is 1.68 bits per heavy atom. The van der Waals surface area contributed by atoms with Crippen molar-refractivity contribution in [2.45, 2.75) is 169 Å². The topological polar surface area (TPSA) is 103 Å². The lowest BCUT2D eigenvalue weighted by molar-refractivity contribution is -0.116. The molecule has 0 aliphatic carbocycles. The van der Waals surface area contributed by atoms with Crippen LogP contribution in [0, 0.1) is 17.3 Å². The number of fused-ring (bicyclic) bond motifs is 1. The van der Waals surface area contributed by atoms with Gasteiger partial charge in [0.15, 0.2) is 5.60 Å². The lowest BCUT2D eigenvalue weighted by Gasteiger charge is -2.43. The molecule has 6 atom stereocenters. The number of likely N-dealkylation sites (tertiary alicyclic amines) is 1. The molecule has 0 bridgehead atoms. The number of aromatic hydroxyl groups is 1. The van der Waals surface area contributed by atoms with Gasteiger partial charge in [0, 0.05) is 91.9 Å². The molecular formula is C69H98N8O3. The number of aromatic nitrogens is 2. The van der Waals surface area contributed by atoms with Crippen LogP contribution in [-0.2, 0) is 29.0 Å². The molecule has 11 heteroatoms. The Morgan fingerprint density at radius 1 is 0.963 bits per heavy atom.